The van der Waals surface area contributed by atoms with Crippen molar-refractivity contribution >= 4 is 0 Å². The number of nitrogens with two attached hydrogens (primary N) is 1. The highest BCUT2D eigenvalue weighted by molar-refractivity contribution is 5.23. The molecule has 0 heterocycles. The van der Waals surface area contributed by atoms with Crippen molar-refractivity contribution in [2.24, 2.45) is 5.73 Å². The smallest absolute Gasteiger partial charge is 0.126 e. The number of hydrogen-bond acceptors (Lipinski definition) is 2. The summed E-state index contributed by atoms with van der Waals surface area (Å²) in [5, 5.41) is 9.84. The van der Waals surface area contributed by atoms with Crippen LogP contribution in [0.4, 0.5) is 4.39 Å². The van der Waals surface area contributed by atoms with E-state index < -0.39 is 6.10 Å². The monoisotopic (exact) mass is 211 g/mol. The van der Waals surface area contributed by atoms with Crippen molar-refractivity contribution in [2.75, 3.05) is 6.54 Å². The summed E-state index contributed by atoms with van der Waals surface area (Å²) in [7, 11) is 0. The highest BCUT2D eigenvalue weighted by Gasteiger charge is 2.21. The number of halogens is 1. The highest BCUT2D eigenvalue weighted by Crippen LogP contribution is 2.23. The van der Waals surface area contributed by atoms with Crippen LogP contribution in [0.25, 0.3) is 0 Å². The van der Waals surface area contributed by atoms with Gasteiger partial charge in [0, 0.05) is 12.5 Å². The largest absolute Gasteiger partial charge is 0.392 e. The maximum Gasteiger partial charge on any atom is 0.126 e. The molecule has 2 unspecified atom stereocenters. The zero-order valence-corrected chi connectivity index (χ0v) is 8.99. The van der Waals surface area contributed by atoms with Crippen molar-refractivity contribution in [1.29, 1.82) is 0 Å². The Morgan fingerprint density at radius 1 is 1.40 bits per heavy atom. The summed E-state index contributed by atoms with van der Waals surface area (Å²) < 4.78 is 13.5. The zero-order chi connectivity index (χ0) is 11.3. The summed E-state index contributed by atoms with van der Waals surface area (Å²) in [6, 6.07) is 6.49. The summed E-state index contributed by atoms with van der Waals surface area (Å²) in [5.74, 6) is -0.589. The standard InChI is InChI=1S/C12H18FNO/c1-2-5-12(15)10(8-14)9-6-3-4-7-11(9)13/h3-4,6-7,10,12,15H,2,5,8,14H2,1H3. The molecule has 0 bridgehead atoms. The molecule has 1 aromatic rings. The van der Waals surface area contributed by atoms with Crippen LogP contribution < -0.4 is 5.73 Å². The van der Waals surface area contributed by atoms with Crippen LogP contribution in [-0.2, 0) is 0 Å². The molecule has 15 heavy (non-hydrogen) atoms. The van der Waals surface area contributed by atoms with Crippen molar-refractivity contribution in [1.82, 2.24) is 0 Å². The van der Waals surface area contributed by atoms with Crippen LogP contribution in [-0.4, -0.2) is 17.8 Å². The first kappa shape index (κ1) is 12.1. The Kier molecular flexibility index (Phi) is 4.72. The molecule has 0 saturated carbocycles. The van der Waals surface area contributed by atoms with Gasteiger partial charge in [0.15, 0.2) is 0 Å². The maximum atomic E-state index is 13.5. The number of aliphatic hydroxyl groups is 1. The Bertz CT molecular complexity index is 303. The van der Waals surface area contributed by atoms with Crippen molar-refractivity contribution in [3.8, 4) is 0 Å². The third-order valence-corrected chi connectivity index (χ3v) is 2.61. The quantitative estimate of drug-likeness (QED) is 0.782. The van der Waals surface area contributed by atoms with Crippen molar-refractivity contribution in [3.05, 3.63) is 35.6 Å². The fourth-order valence-electron chi connectivity index (χ4n) is 1.76. The minimum Gasteiger partial charge on any atom is -0.392 e. The fourth-order valence-corrected chi connectivity index (χ4v) is 1.76. The molecule has 0 amide bonds. The van der Waals surface area contributed by atoms with Crippen LogP contribution in [0.15, 0.2) is 24.3 Å². The van der Waals surface area contributed by atoms with Crippen LogP contribution >= 0.6 is 0 Å². The Balaban J connectivity index is 2.87. The first-order valence-corrected chi connectivity index (χ1v) is 5.33. The van der Waals surface area contributed by atoms with Gasteiger partial charge in [-0.25, -0.2) is 4.39 Å². The Hall–Kier alpha value is -0.930. The molecule has 2 atom stereocenters. The molecule has 3 heteroatoms. The molecule has 0 fully saturated rings. The van der Waals surface area contributed by atoms with E-state index in [2.05, 4.69) is 0 Å². The average molecular weight is 211 g/mol. The molecule has 0 aliphatic carbocycles. The number of hydrogen-bond donors (Lipinski definition) is 2. The minimum absolute atomic E-state index is 0.266. The fraction of sp³-hybridized carbons (Fsp3) is 0.500. The van der Waals surface area contributed by atoms with Gasteiger partial charge in [0.25, 0.3) is 0 Å². The third kappa shape index (κ3) is 3.01. The van der Waals surface area contributed by atoms with Crippen LogP contribution in [0.5, 0.6) is 0 Å². The summed E-state index contributed by atoms with van der Waals surface area (Å²) in [4.78, 5) is 0. The molecular weight excluding hydrogens is 193 g/mol. The molecule has 3 N–H and O–H groups in total. The lowest BCUT2D eigenvalue weighted by Gasteiger charge is -2.21. The van der Waals surface area contributed by atoms with Gasteiger partial charge in [-0.1, -0.05) is 31.5 Å². The highest BCUT2D eigenvalue weighted by atomic mass is 19.1. The Labute approximate surface area is 89.9 Å². The van der Waals surface area contributed by atoms with E-state index in [1.54, 1.807) is 18.2 Å². The van der Waals surface area contributed by atoms with Crippen LogP contribution in [0.3, 0.4) is 0 Å². The van der Waals surface area contributed by atoms with E-state index >= 15 is 0 Å². The lowest BCUT2D eigenvalue weighted by molar-refractivity contribution is 0.133. The van der Waals surface area contributed by atoms with Gasteiger partial charge >= 0.3 is 0 Å². The van der Waals surface area contributed by atoms with Crippen molar-refractivity contribution < 1.29 is 9.50 Å². The summed E-state index contributed by atoms with van der Waals surface area (Å²) in [6.45, 7) is 2.25. The van der Waals surface area contributed by atoms with E-state index in [-0.39, 0.29) is 18.3 Å². The van der Waals surface area contributed by atoms with Crippen LogP contribution in [0, 0.1) is 5.82 Å². The average Bonchev–Trinajstić information content (AvgIpc) is 2.22. The molecule has 1 rings (SSSR count). The van der Waals surface area contributed by atoms with Gasteiger partial charge in [-0.2, -0.15) is 0 Å². The van der Waals surface area contributed by atoms with E-state index in [0.29, 0.717) is 12.0 Å². The maximum absolute atomic E-state index is 13.5. The lowest BCUT2D eigenvalue weighted by atomic mass is 9.91. The Morgan fingerprint density at radius 3 is 2.60 bits per heavy atom. The van der Waals surface area contributed by atoms with E-state index in [1.807, 2.05) is 6.92 Å². The van der Waals surface area contributed by atoms with Gasteiger partial charge in [0.1, 0.15) is 5.82 Å². The molecule has 0 aromatic heterocycles. The number of rotatable bonds is 5. The lowest BCUT2D eigenvalue weighted by Crippen LogP contribution is -2.26. The first-order valence-electron chi connectivity index (χ1n) is 5.33. The van der Waals surface area contributed by atoms with E-state index in [0.717, 1.165) is 6.42 Å². The molecule has 0 spiro atoms. The second-order valence-electron chi connectivity index (χ2n) is 3.72. The summed E-state index contributed by atoms with van der Waals surface area (Å²) >= 11 is 0. The summed E-state index contributed by atoms with van der Waals surface area (Å²) in [5.41, 5.74) is 6.09. The van der Waals surface area contributed by atoms with Crippen LogP contribution in [0.2, 0.25) is 0 Å². The summed E-state index contributed by atoms with van der Waals surface area (Å²) in [6.07, 6.45) is 0.958. The predicted octanol–water partition coefficient (Wildman–Crippen LogP) is 2.03. The normalized spacial score (nSPS) is 14.9. The SMILES string of the molecule is CCCC(O)C(CN)c1ccccc1F. The third-order valence-electron chi connectivity index (χ3n) is 2.61. The predicted molar refractivity (Wildman–Crippen MR) is 59.1 cm³/mol. The molecule has 84 valence electrons. The second kappa shape index (κ2) is 5.83. The van der Waals surface area contributed by atoms with Crippen molar-refractivity contribution in [2.45, 2.75) is 31.8 Å². The second-order valence-corrected chi connectivity index (χ2v) is 3.72. The van der Waals surface area contributed by atoms with E-state index in [1.165, 1.54) is 6.07 Å². The Morgan fingerprint density at radius 2 is 2.07 bits per heavy atom. The topological polar surface area (TPSA) is 46.2 Å². The van der Waals surface area contributed by atoms with Gasteiger partial charge in [-0.05, 0) is 18.1 Å². The molecule has 0 radical (unpaired) electrons. The van der Waals surface area contributed by atoms with Gasteiger partial charge in [-0.3, -0.25) is 0 Å². The van der Waals surface area contributed by atoms with Gasteiger partial charge in [0.2, 0.25) is 0 Å². The van der Waals surface area contributed by atoms with E-state index in [9.17, 15) is 9.50 Å². The molecule has 0 saturated heterocycles. The van der Waals surface area contributed by atoms with Gasteiger partial charge in [-0.15, -0.1) is 0 Å². The molecule has 0 aliphatic rings. The zero-order valence-electron chi connectivity index (χ0n) is 8.99. The number of aliphatic hydroxyl groups excluding tert-OH is 1. The molecular formula is C12H18FNO. The van der Waals surface area contributed by atoms with Gasteiger partial charge < -0.3 is 10.8 Å². The van der Waals surface area contributed by atoms with Crippen LogP contribution in [0.1, 0.15) is 31.2 Å². The first-order chi connectivity index (χ1) is 7.20. The minimum atomic E-state index is -0.558. The van der Waals surface area contributed by atoms with Gasteiger partial charge in [0.05, 0.1) is 6.10 Å². The number of benzene rings is 1. The van der Waals surface area contributed by atoms with E-state index in [4.69, 9.17) is 5.73 Å². The van der Waals surface area contributed by atoms with Crippen molar-refractivity contribution in [3.63, 3.8) is 0 Å². The molecule has 2 nitrogen and oxygen atoms in total. The molecule has 0 aliphatic heterocycles. The molecule has 1 aromatic carbocycles.